The van der Waals surface area contributed by atoms with Gasteiger partial charge in [0.25, 0.3) is 0 Å². The van der Waals surface area contributed by atoms with E-state index in [0.717, 1.165) is 6.54 Å². The van der Waals surface area contributed by atoms with Gasteiger partial charge in [-0.25, -0.2) is 0 Å². The predicted octanol–water partition coefficient (Wildman–Crippen LogP) is 1.19. The summed E-state index contributed by atoms with van der Waals surface area (Å²) < 4.78 is 4.80. The summed E-state index contributed by atoms with van der Waals surface area (Å²) in [6.07, 6.45) is 4.90. The monoisotopic (exact) mass is 185 g/mol. The number of ether oxygens (including phenoxy) is 1. The fourth-order valence-corrected chi connectivity index (χ4v) is 2.17. The van der Waals surface area contributed by atoms with Crippen molar-refractivity contribution in [3.05, 3.63) is 0 Å². The Morgan fingerprint density at radius 3 is 2.62 bits per heavy atom. The lowest BCUT2D eigenvalue weighted by Gasteiger charge is -2.20. The van der Waals surface area contributed by atoms with Crippen molar-refractivity contribution < 1.29 is 9.53 Å². The Bertz CT molecular complexity index is 164. The molecular formula is C10H19NO2. The van der Waals surface area contributed by atoms with Crippen LogP contribution in [0.5, 0.6) is 0 Å². The van der Waals surface area contributed by atoms with Crippen LogP contribution in [0.25, 0.3) is 0 Å². The molecule has 0 aliphatic heterocycles. The molecule has 0 aromatic carbocycles. The van der Waals surface area contributed by atoms with Gasteiger partial charge in [0.2, 0.25) is 0 Å². The molecule has 0 aromatic rings. The third-order valence-electron chi connectivity index (χ3n) is 2.90. The molecule has 1 aliphatic rings. The first kappa shape index (κ1) is 10.5. The Hall–Kier alpha value is -0.570. The van der Waals surface area contributed by atoms with Gasteiger partial charge in [-0.1, -0.05) is 12.8 Å². The molecule has 76 valence electrons. The van der Waals surface area contributed by atoms with Gasteiger partial charge < -0.3 is 10.1 Å². The van der Waals surface area contributed by atoms with E-state index in [9.17, 15) is 4.79 Å². The Balaban J connectivity index is 2.49. The number of methoxy groups -OCH3 is 1. The average Bonchev–Trinajstić information content (AvgIpc) is 2.65. The first-order valence-corrected chi connectivity index (χ1v) is 5.02. The number of hydrogen-bond acceptors (Lipinski definition) is 3. The van der Waals surface area contributed by atoms with E-state index in [1.807, 2.05) is 7.05 Å². The second kappa shape index (κ2) is 5.22. The van der Waals surface area contributed by atoms with Crippen LogP contribution in [-0.2, 0) is 9.53 Å². The molecule has 13 heavy (non-hydrogen) atoms. The van der Waals surface area contributed by atoms with Crippen molar-refractivity contribution in [2.24, 2.45) is 11.8 Å². The number of rotatable bonds is 4. The van der Waals surface area contributed by atoms with Crippen molar-refractivity contribution in [1.29, 1.82) is 0 Å². The minimum absolute atomic E-state index is 0.0544. The zero-order valence-electron chi connectivity index (χ0n) is 8.51. The van der Waals surface area contributed by atoms with E-state index in [-0.39, 0.29) is 11.9 Å². The average molecular weight is 185 g/mol. The highest BCUT2D eigenvalue weighted by atomic mass is 16.5. The van der Waals surface area contributed by atoms with Crippen LogP contribution in [0.2, 0.25) is 0 Å². The topological polar surface area (TPSA) is 38.3 Å². The fourth-order valence-electron chi connectivity index (χ4n) is 2.17. The van der Waals surface area contributed by atoms with Crippen LogP contribution in [-0.4, -0.2) is 26.7 Å². The third kappa shape index (κ3) is 2.69. The van der Waals surface area contributed by atoms with E-state index in [2.05, 4.69) is 5.32 Å². The van der Waals surface area contributed by atoms with Crippen LogP contribution in [0, 0.1) is 11.8 Å². The van der Waals surface area contributed by atoms with Crippen molar-refractivity contribution in [2.75, 3.05) is 20.7 Å². The second-order valence-electron chi connectivity index (χ2n) is 3.73. The van der Waals surface area contributed by atoms with Crippen LogP contribution < -0.4 is 5.32 Å². The lowest BCUT2D eigenvalue weighted by Crippen LogP contribution is -2.32. The molecule has 1 atom stereocenters. The van der Waals surface area contributed by atoms with Crippen LogP contribution >= 0.6 is 0 Å². The summed E-state index contributed by atoms with van der Waals surface area (Å²) >= 11 is 0. The Labute approximate surface area is 79.8 Å². The lowest BCUT2D eigenvalue weighted by atomic mass is 9.91. The molecule has 0 bridgehead atoms. The summed E-state index contributed by atoms with van der Waals surface area (Å²) in [5.74, 6) is 0.554. The standard InChI is InChI=1S/C10H19NO2/c1-11-7-9(10(12)13-2)8-5-3-4-6-8/h8-9,11H,3-7H2,1-2H3. The highest BCUT2D eigenvalue weighted by molar-refractivity contribution is 5.72. The van der Waals surface area contributed by atoms with Gasteiger partial charge in [-0.15, -0.1) is 0 Å². The summed E-state index contributed by atoms with van der Waals surface area (Å²) in [4.78, 5) is 11.4. The normalized spacial score (nSPS) is 20.2. The zero-order valence-corrected chi connectivity index (χ0v) is 8.51. The summed E-state index contributed by atoms with van der Waals surface area (Å²) in [6, 6.07) is 0. The predicted molar refractivity (Wildman–Crippen MR) is 51.4 cm³/mol. The Morgan fingerprint density at radius 1 is 1.54 bits per heavy atom. The number of carbonyl (C=O) groups is 1. The maximum Gasteiger partial charge on any atom is 0.310 e. The largest absolute Gasteiger partial charge is 0.469 e. The molecular weight excluding hydrogens is 166 g/mol. The van der Waals surface area contributed by atoms with Crippen LogP contribution in [0.15, 0.2) is 0 Å². The Morgan fingerprint density at radius 2 is 2.15 bits per heavy atom. The minimum Gasteiger partial charge on any atom is -0.469 e. The van der Waals surface area contributed by atoms with Crippen LogP contribution in [0.1, 0.15) is 25.7 Å². The van der Waals surface area contributed by atoms with Gasteiger partial charge in [0.15, 0.2) is 0 Å². The number of hydrogen-bond donors (Lipinski definition) is 1. The fraction of sp³-hybridized carbons (Fsp3) is 0.900. The van der Waals surface area contributed by atoms with Crippen molar-refractivity contribution >= 4 is 5.97 Å². The van der Waals surface area contributed by atoms with E-state index in [1.165, 1.54) is 32.8 Å². The van der Waals surface area contributed by atoms with E-state index in [1.54, 1.807) is 0 Å². The van der Waals surface area contributed by atoms with E-state index < -0.39 is 0 Å². The molecule has 0 radical (unpaired) electrons. The van der Waals surface area contributed by atoms with E-state index in [4.69, 9.17) is 4.74 Å². The lowest BCUT2D eigenvalue weighted by molar-refractivity contribution is -0.147. The molecule has 1 saturated carbocycles. The maximum absolute atomic E-state index is 11.4. The van der Waals surface area contributed by atoms with Crippen molar-refractivity contribution in [1.82, 2.24) is 5.32 Å². The summed E-state index contributed by atoms with van der Waals surface area (Å²) in [5, 5.41) is 3.06. The van der Waals surface area contributed by atoms with Crippen LogP contribution in [0.3, 0.4) is 0 Å². The van der Waals surface area contributed by atoms with Crippen LogP contribution in [0.4, 0.5) is 0 Å². The molecule has 1 N–H and O–H groups in total. The highest BCUT2D eigenvalue weighted by Crippen LogP contribution is 2.31. The number of nitrogens with one attached hydrogen (secondary N) is 1. The minimum atomic E-state index is -0.0544. The number of esters is 1. The zero-order chi connectivity index (χ0) is 9.68. The number of carbonyl (C=O) groups excluding carboxylic acids is 1. The molecule has 3 heteroatoms. The quantitative estimate of drug-likeness (QED) is 0.668. The molecule has 0 spiro atoms. The van der Waals surface area contributed by atoms with Gasteiger partial charge in [-0.3, -0.25) is 4.79 Å². The van der Waals surface area contributed by atoms with Crippen molar-refractivity contribution in [3.63, 3.8) is 0 Å². The first-order valence-electron chi connectivity index (χ1n) is 5.02. The van der Waals surface area contributed by atoms with Gasteiger partial charge in [0.1, 0.15) is 0 Å². The maximum atomic E-state index is 11.4. The van der Waals surface area contributed by atoms with Gasteiger partial charge in [-0.05, 0) is 25.8 Å². The highest BCUT2D eigenvalue weighted by Gasteiger charge is 2.30. The van der Waals surface area contributed by atoms with E-state index in [0.29, 0.717) is 5.92 Å². The molecule has 1 fully saturated rings. The third-order valence-corrected chi connectivity index (χ3v) is 2.90. The first-order chi connectivity index (χ1) is 6.29. The van der Waals surface area contributed by atoms with Gasteiger partial charge in [0, 0.05) is 6.54 Å². The molecule has 3 nitrogen and oxygen atoms in total. The Kier molecular flexibility index (Phi) is 4.22. The van der Waals surface area contributed by atoms with Crippen molar-refractivity contribution in [3.8, 4) is 0 Å². The second-order valence-corrected chi connectivity index (χ2v) is 3.73. The summed E-state index contributed by atoms with van der Waals surface area (Å²) in [7, 11) is 3.35. The van der Waals surface area contributed by atoms with Gasteiger partial charge >= 0.3 is 5.97 Å². The SMILES string of the molecule is CNCC(C(=O)OC)C1CCCC1. The van der Waals surface area contributed by atoms with Gasteiger partial charge in [0.05, 0.1) is 13.0 Å². The molecule has 0 saturated heterocycles. The molecule has 1 rings (SSSR count). The molecule has 0 amide bonds. The molecule has 1 unspecified atom stereocenters. The molecule has 0 aromatic heterocycles. The van der Waals surface area contributed by atoms with Gasteiger partial charge in [-0.2, -0.15) is 0 Å². The molecule has 1 aliphatic carbocycles. The van der Waals surface area contributed by atoms with E-state index >= 15 is 0 Å². The summed E-state index contributed by atoms with van der Waals surface area (Å²) in [6.45, 7) is 0.747. The smallest absolute Gasteiger partial charge is 0.310 e. The van der Waals surface area contributed by atoms with Crippen molar-refractivity contribution in [2.45, 2.75) is 25.7 Å². The molecule has 0 heterocycles. The summed E-state index contributed by atoms with van der Waals surface area (Å²) in [5.41, 5.74) is 0.